The van der Waals surface area contributed by atoms with Crippen molar-refractivity contribution in [2.45, 2.75) is 103 Å². The molecular formula is C28H41N5O2. The van der Waals surface area contributed by atoms with Gasteiger partial charge in [-0.2, -0.15) is 0 Å². The van der Waals surface area contributed by atoms with Crippen molar-refractivity contribution in [1.29, 1.82) is 0 Å². The molecule has 2 unspecified atom stereocenters. The monoisotopic (exact) mass is 479 g/mol. The molecule has 1 amide bonds. The number of benzene rings is 1. The van der Waals surface area contributed by atoms with Gasteiger partial charge in [0.15, 0.2) is 0 Å². The smallest absolute Gasteiger partial charge is 0.408 e. The maximum absolute atomic E-state index is 12.6. The predicted octanol–water partition coefficient (Wildman–Crippen LogP) is 4.66. The highest BCUT2D eigenvalue weighted by molar-refractivity contribution is 5.68. The fraction of sp³-hybridized carbons (Fsp3) is 0.643. The summed E-state index contributed by atoms with van der Waals surface area (Å²) in [7, 11) is 0. The highest BCUT2D eigenvalue weighted by atomic mass is 16.6. The molecule has 0 aliphatic carbocycles. The van der Waals surface area contributed by atoms with Crippen molar-refractivity contribution < 1.29 is 9.53 Å². The van der Waals surface area contributed by atoms with Gasteiger partial charge in [-0.3, -0.25) is 4.90 Å². The molecule has 7 heteroatoms. The molecule has 2 bridgehead atoms. The number of hydrogen-bond donors (Lipinski definition) is 2. The van der Waals surface area contributed by atoms with Gasteiger partial charge in [0.1, 0.15) is 11.4 Å². The van der Waals surface area contributed by atoms with Crippen LogP contribution in [0.15, 0.2) is 30.3 Å². The highest BCUT2D eigenvalue weighted by Gasteiger charge is 2.42. The molecule has 0 saturated carbocycles. The van der Waals surface area contributed by atoms with E-state index in [1.807, 2.05) is 39.0 Å². The summed E-state index contributed by atoms with van der Waals surface area (Å²) in [6, 6.07) is 12.0. The van der Waals surface area contributed by atoms with E-state index in [0.717, 1.165) is 38.0 Å². The Kier molecular flexibility index (Phi) is 6.91. The first-order chi connectivity index (χ1) is 16.8. The zero-order chi connectivity index (χ0) is 24.6. The lowest BCUT2D eigenvalue weighted by molar-refractivity contribution is 0.0488. The topological polar surface area (TPSA) is 71.4 Å². The third-order valence-electron chi connectivity index (χ3n) is 7.89. The van der Waals surface area contributed by atoms with E-state index < -0.39 is 5.60 Å². The summed E-state index contributed by atoms with van der Waals surface area (Å²) in [5.41, 5.74) is 3.34. The highest BCUT2D eigenvalue weighted by Crippen LogP contribution is 2.42. The Labute approximate surface area is 209 Å². The maximum Gasteiger partial charge on any atom is 0.408 e. The van der Waals surface area contributed by atoms with Crippen LogP contribution in [0.1, 0.15) is 87.7 Å². The normalized spacial score (nSPS) is 25.2. The lowest BCUT2D eigenvalue weighted by Crippen LogP contribution is -2.45. The van der Waals surface area contributed by atoms with Crippen molar-refractivity contribution in [2.24, 2.45) is 0 Å². The third kappa shape index (κ3) is 5.41. The number of aromatic nitrogens is 2. The molecule has 35 heavy (non-hydrogen) atoms. The van der Waals surface area contributed by atoms with Crippen LogP contribution in [0.25, 0.3) is 0 Å². The van der Waals surface area contributed by atoms with Gasteiger partial charge in [-0.25, -0.2) is 9.78 Å². The zero-order valence-corrected chi connectivity index (χ0v) is 21.7. The van der Waals surface area contributed by atoms with Crippen molar-refractivity contribution in [2.75, 3.05) is 13.1 Å². The van der Waals surface area contributed by atoms with Gasteiger partial charge in [-0.15, -0.1) is 0 Å². The number of piperidine rings is 1. The van der Waals surface area contributed by atoms with Crippen molar-refractivity contribution in [3.63, 3.8) is 0 Å². The molecule has 1 aromatic heterocycles. The average molecular weight is 480 g/mol. The van der Waals surface area contributed by atoms with Gasteiger partial charge in [0.2, 0.25) is 0 Å². The molecule has 3 atom stereocenters. The van der Waals surface area contributed by atoms with E-state index in [4.69, 9.17) is 9.72 Å². The Hall–Kier alpha value is -2.38. The second-order valence-electron chi connectivity index (χ2n) is 11.5. The molecule has 3 aliphatic heterocycles. The van der Waals surface area contributed by atoms with Crippen LogP contribution < -0.4 is 10.6 Å². The van der Waals surface area contributed by atoms with Crippen LogP contribution in [0.4, 0.5) is 4.79 Å². The summed E-state index contributed by atoms with van der Waals surface area (Å²) in [5.74, 6) is 1.18. The fourth-order valence-electron chi connectivity index (χ4n) is 6.49. The molecule has 2 aromatic rings. The summed E-state index contributed by atoms with van der Waals surface area (Å²) in [5, 5.41) is 6.69. The molecule has 190 valence electrons. The quantitative estimate of drug-likeness (QED) is 0.631. The molecular weight excluding hydrogens is 438 g/mol. The number of imidazole rings is 1. The minimum Gasteiger partial charge on any atom is -0.444 e. The zero-order valence-electron chi connectivity index (χ0n) is 21.7. The lowest BCUT2D eigenvalue weighted by atomic mass is 9.95. The van der Waals surface area contributed by atoms with E-state index in [1.54, 1.807) is 0 Å². The minimum atomic E-state index is -0.507. The number of carbonyl (C=O) groups excluding carboxylic acids is 1. The number of ether oxygens (including phenoxy) is 1. The van der Waals surface area contributed by atoms with Crippen LogP contribution in [-0.4, -0.2) is 51.3 Å². The van der Waals surface area contributed by atoms with Crippen LogP contribution in [0.5, 0.6) is 0 Å². The van der Waals surface area contributed by atoms with Gasteiger partial charge in [-0.05, 0) is 65.4 Å². The van der Waals surface area contributed by atoms with Gasteiger partial charge in [0.05, 0.1) is 17.4 Å². The number of rotatable bonds is 6. The summed E-state index contributed by atoms with van der Waals surface area (Å²) in [6.45, 7) is 10.9. The molecule has 0 spiro atoms. The molecule has 2 N–H and O–H groups in total. The van der Waals surface area contributed by atoms with E-state index in [1.165, 1.54) is 42.9 Å². The largest absolute Gasteiger partial charge is 0.444 e. The van der Waals surface area contributed by atoms with Crippen molar-refractivity contribution in [1.82, 2.24) is 25.1 Å². The maximum atomic E-state index is 12.6. The molecule has 7 nitrogen and oxygen atoms in total. The van der Waals surface area contributed by atoms with Crippen LogP contribution in [-0.2, 0) is 17.7 Å². The second kappa shape index (κ2) is 9.94. The Balaban J connectivity index is 1.26. The van der Waals surface area contributed by atoms with Crippen LogP contribution >= 0.6 is 0 Å². The van der Waals surface area contributed by atoms with Gasteiger partial charge in [0, 0.05) is 44.2 Å². The fourth-order valence-corrected chi connectivity index (χ4v) is 6.49. The molecule has 3 aliphatic rings. The molecule has 4 heterocycles. The van der Waals surface area contributed by atoms with Crippen molar-refractivity contribution in [3.05, 3.63) is 53.1 Å². The Morgan fingerprint density at radius 2 is 1.89 bits per heavy atom. The van der Waals surface area contributed by atoms with Crippen LogP contribution in [0, 0.1) is 6.92 Å². The van der Waals surface area contributed by atoms with Gasteiger partial charge >= 0.3 is 6.09 Å². The predicted molar refractivity (Wildman–Crippen MR) is 137 cm³/mol. The Morgan fingerprint density at radius 3 is 2.57 bits per heavy atom. The lowest BCUT2D eigenvalue weighted by Gasteiger charge is -2.41. The van der Waals surface area contributed by atoms with Crippen LogP contribution in [0.2, 0.25) is 0 Å². The van der Waals surface area contributed by atoms with E-state index in [2.05, 4.69) is 39.2 Å². The summed E-state index contributed by atoms with van der Waals surface area (Å²) in [4.78, 5) is 20.2. The van der Waals surface area contributed by atoms with Gasteiger partial charge in [0.25, 0.3) is 0 Å². The Bertz CT molecular complexity index is 1010. The number of carbonyl (C=O) groups is 1. The van der Waals surface area contributed by atoms with Gasteiger partial charge in [-0.1, -0.05) is 30.3 Å². The van der Waals surface area contributed by atoms with E-state index in [9.17, 15) is 4.79 Å². The number of fused-ring (bicyclic) bond motifs is 3. The second-order valence-corrected chi connectivity index (χ2v) is 11.5. The van der Waals surface area contributed by atoms with E-state index >= 15 is 0 Å². The molecule has 0 radical (unpaired) electrons. The first kappa shape index (κ1) is 24.3. The number of hydrogen-bond acceptors (Lipinski definition) is 5. The van der Waals surface area contributed by atoms with Crippen LogP contribution in [0.3, 0.4) is 0 Å². The number of alkyl carbamates (subject to hydrolysis) is 1. The SMILES string of the molecule is Cc1nc2c(n1C1CC3CCC(C1)N3CC[C@H](NC(=O)OC(C)(C)C)c1ccccc1)CNCC2. The van der Waals surface area contributed by atoms with E-state index in [-0.39, 0.29) is 12.1 Å². The molecule has 5 rings (SSSR count). The summed E-state index contributed by atoms with van der Waals surface area (Å²) < 4.78 is 8.13. The first-order valence-corrected chi connectivity index (χ1v) is 13.4. The number of nitrogens with zero attached hydrogens (tertiary/aromatic N) is 3. The Morgan fingerprint density at radius 1 is 1.17 bits per heavy atom. The summed E-state index contributed by atoms with van der Waals surface area (Å²) in [6.07, 6.45) is 6.49. The van der Waals surface area contributed by atoms with E-state index in [0.29, 0.717) is 18.1 Å². The van der Waals surface area contributed by atoms with Gasteiger partial charge < -0.3 is 19.9 Å². The number of aryl methyl sites for hydroxylation is 1. The van der Waals surface area contributed by atoms with Crippen molar-refractivity contribution >= 4 is 6.09 Å². The van der Waals surface area contributed by atoms with Crippen molar-refractivity contribution in [3.8, 4) is 0 Å². The number of amides is 1. The standard InChI is InChI=1S/C28H41N5O2/c1-19-30-25-12-14-29-18-26(25)33(19)23-16-21-10-11-22(17-23)32(21)15-13-24(20-8-6-5-7-9-20)31-27(34)35-28(2,3)4/h5-9,21-24,29H,10-18H2,1-4H3,(H,31,34)/t21?,22?,23?,24-/m0/s1. The molecule has 2 saturated heterocycles. The average Bonchev–Trinajstić information content (AvgIpc) is 3.26. The third-order valence-corrected chi connectivity index (χ3v) is 7.89. The first-order valence-electron chi connectivity index (χ1n) is 13.4. The molecule has 2 fully saturated rings. The summed E-state index contributed by atoms with van der Waals surface area (Å²) >= 11 is 0. The minimum absolute atomic E-state index is 0.0582. The molecule has 1 aromatic carbocycles. The number of nitrogens with one attached hydrogen (secondary N) is 2.